The zero-order valence-electron chi connectivity index (χ0n) is 87.2. The fraction of sp³-hybridized carbons (Fsp3) is 0.579. The number of benzene rings is 4. The molecule has 0 amide bonds. The van der Waals surface area contributed by atoms with Crippen LogP contribution < -0.4 is 37.9 Å². The lowest BCUT2D eigenvalue weighted by atomic mass is 9.83. The number of fused-ring (bicyclic) bond motifs is 4. The molecule has 788 valence electrons. The maximum absolute atomic E-state index is 13.1. The van der Waals surface area contributed by atoms with E-state index in [0.29, 0.717) is 155 Å². The minimum absolute atomic E-state index is 0.0223. The van der Waals surface area contributed by atoms with Crippen LogP contribution in [0.5, 0.6) is 46.0 Å². The first-order chi connectivity index (χ1) is 70.1. The minimum atomic E-state index is -0.719. The zero-order valence-corrected chi connectivity index (χ0v) is 93.7. The van der Waals surface area contributed by atoms with Crippen molar-refractivity contribution in [2.45, 2.75) is 355 Å². The highest BCUT2D eigenvalue weighted by Gasteiger charge is 2.44. The van der Waals surface area contributed by atoms with E-state index in [4.69, 9.17) is 55.8 Å². The third kappa shape index (κ3) is 29.9. The molecule has 0 bridgehead atoms. The van der Waals surface area contributed by atoms with Crippen LogP contribution in [0.25, 0.3) is 9.69 Å². The third-order valence-corrected chi connectivity index (χ3v) is 40.5. The molecular weight excluding hydrogens is 2020 g/mol. The summed E-state index contributed by atoms with van der Waals surface area (Å²) in [5.41, 5.74) is 0.0565. The van der Waals surface area contributed by atoms with Gasteiger partial charge in [0.2, 0.25) is 5.70 Å². The highest BCUT2D eigenvalue weighted by Crippen LogP contribution is 2.65. The van der Waals surface area contributed by atoms with Crippen molar-refractivity contribution in [1.82, 2.24) is 0 Å². The Bertz CT molecular complexity index is 5730. The largest absolute Gasteiger partial charge is 0.462 e. The molecule has 8 saturated carbocycles. The van der Waals surface area contributed by atoms with Crippen LogP contribution in [-0.2, 0) is 67.1 Å². The van der Waals surface area contributed by atoms with Crippen LogP contribution in [0.15, 0.2) is 121 Å². The summed E-state index contributed by atoms with van der Waals surface area (Å²) >= 11 is 9.76. The van der Waals surface area contributed by atoms with Crippen molar-refractivity contribution in [3.8, 4) is 52.1 Å². The number of carbonyl (C=O) groups is 13. The summed E-state index contributed by atoms with van der Waals surface area (Å²) < 4.78 is 54.3. The number of esters is 9. The van der Waals surface area contributed by atoms with E-state index in [9.17, 15) is 67.6 Å². The van der Waals surface area contributed by atoms with Crippen LogP contribution in [0.4, 0.5) is 0 Å². The topological polar surface area (TPSA) is 337 Å². The smallest absolute Gasteiger partial charge is 0.343 e. The summed E-state index contributed by atoms with van der Waals surface area (Å²) in [7, 11) is 0. The van der Waals surface area contributed by atoms with E-state index >= 15 is 0 Å². The molecule has 8 aliphatic carbocycles. The fourth-order valence-electron chi connectivity index (χ4n) is 20.2. The van der Waals surface area contributed by atoms with E-state index < -0.39 is 17.2 Å². The zero-order chi connectivity index (χ0) is 106. The Balaban J connectivity index is 0.000000164. The lowest BCUT2D eigenvalue weighted by Crippen LogP contribution is -2.26. The van der Waals surface area contributed by atoms with E-state index in [1.54, 1.807) is 70.2 Å². The average Bonchev–Trinajstić information content (AvgIpc) is 1.63. The van der Waals surface area contributed by atoms with Crippen molar-refractivity contribution < 1.29 is 105 Å². The Morgan fingerprint density at radius 1 is 0.320 bits per heavy atom. The highest BCUT2D eigenvalue weighted by atomic mass is 32.2. The molecule has 0 N–H and O–H groups in total. The third-order valence-electron chi connectivity index (χ3n) is 30.0. The normalized spacial score (nSPS) is 25.7. The molecule has 0 radical (unpaired) electrons. The van der Waals surface area contributed by atoms with Crippen LogP contribution in [0.1, 0.15) is 315 Å². The Morgan fingerprint density at radius 3 is 0.762 bits per heavy atom. The number of ether oxygens (including phenoxy) is 9. The molecule has 0 spiro atoms. The van der Waals surface area contributed by atoms with Gasteiger partial charge in [0.25, 0.3) is 5.70 Å². The molecule has 4 aromatic carbocycles. The second-order valence-corrected chi connectivity index (χ2v) is 52.3. The maximum atomic E-state index is 13.1. The molecule has 33 heteroatoms. The Hall–Kier alpha value is -8.98. The van der Waals surface area contributed by atoms with Gasteiger partial charge in [-0.2, -0.15) is 0 Å². The summed E-state index contributed by atoms with van der Waals surface area (Å²) in [5, 5.41) is 9.41. The molecule has 0 saturated heterocycles. The van der Waals surface area contributed by atoms with Crippen molar-refractivity contribution in [2.75, 3.05) is 6.61 Å². The molecule has 147 heavy (non-hydrogen) atoms. The fourth-order valence-corrected chi connectivity index (χ4v) is 31.0. The van der Waals surface area contributed by atoms with E-state index in [0.717, 1.165) is 205 Å². The molecule has 0 aromatic heterocycles. The van der Waals surface area contributed by atoms with Crippen molar-refractivity contribution in [3.05, 3.63) is 110 Å². The average molecular weight is 2160 g/mol. The number of aryl methyl sites for hydroxylation is 1. The SMILES string of the molecule is CC(=O)C(C(C)=O)=C1Sc2c(OC(=O)C3CCC(C)CC3)ccc(OC(=O)C3CCC(C)CC3)c2S1.CCOC(=O)C(C(C)=O)=C1Sc2c(OC(=O)C3CCC(C)CC3)ccc(OC(=O)C3CCC(C)CC3)c2S1.[C-]#[N+]/C(C#N)=C1\Sc2c(OC(=O)C3CCC(C)CC3)cc(C)c(OC(=O)C3CCC(C)CC3)c2S1.[C-]#[N+]C(C(=O)C(C)(C)C)=C1Sc2c(OC(=O)C3CCC(C)CC3)ccc(OC(=O)C3CCC(C)CC3)c2S1. The van der Waals surface area contributed by atoms with Crippen molar-refractivity contribution in [1.29, 1.82) is 5.26 Å². The minimum Gasteiger partial charge on any atom is -0.462 e. The molecule has 4 aliphatic heterocycles. The maximum Gasteiger partial charge on any atom is 0.343 e. The van der Waals surface area contributed by atoms with E-state index in [1.807, 2.05) is 13.0 Å². The Kier molecular flexibility index (Phi) is 41.4. The van der Waals surface area contributed by atoms with E-state index in [1.165, 1.54) is 115 Å². The number of rotatable bonds is 22. The molecule has 16 rings (SSSR count). The Labute approximate surface area is 898 Å². The van der Waals surface area contributed by atoms with Gasteiger partial charge in [0.05, 0.1) is 135 Å². The highest BCUT2D eigenvalue weighted by molar-refractivity contribution is 8.26. The van der Waals surface area contributed by atoms with Gasteiger partial charge in [-0.05, 0) is 335 Å². The standard InChI is InChI=1S/C30H37NO5S2.C29H36O7S2.C28H34O6S2.C27H30N2O4S2/c1-17-7-11-19(12-8-17)27(33)35-21-15-16-22(36-28(34)20-13-9-18(2)10-14-20)25-24(21)37-29(38-25)23(31-6)26(32)30(3,4)5;1-5-34-28(33)23(18(4)30)29-37-24-21(35-26(31)19-10-6-16(2)7-11-19)14-15-22(25(24)38-29)36-27(32)20-12-8-17(3)9-13-20;1-15-5-9-19(10-6-15)26(31)33-21-13-14-22(34-27(32)20-11-7-16(2)8-12-20)25-24(21)35-28(36-25)23(17(3)29)18(4)30;1-15-5-9-18(10-6-15)25(30)32-21-13-17(3)22(33-26(31)19-11-7-16(2)8-12-19)24-23(21)34-27(35-24)20(14-28)29-4/h15-20H,7-14H2,1-5H3;14-17,19-20H,5-13H2,1-4H3;13-16,19-20H,5-12H2,1-4H3;13,15-16,18-19H,5-12H2,1-3H3/b;;;27-20+. The van der Waals surface area contributed by atoms with Gasteiger partial charge in [-0.1, -0.05) is 170 Å². The number of ketones is 4. The number of thioether (sulfide) groups is 8. The summed E-state index contributed by atoms with van der Waals surface area (Å²) in [5.74, 6) is 2.82. The number of nitriles is 1. The second-order valence-electron chi connectivity index (χ2n) is 43.1. The molecule has 4 aromatic rings. The van der Waals surface area contributed by atoms with Gasteiger partial charge < -0.3 is 47.4 Å². The number of hydrogen-bond donors (Lipinski definition) is 0. The number of hydrogen-bond acceptors (Lipinski definition) is 31. The predicted octanol–water partition coefficient (Wildman–Crippen LogP) is 28.8. The lowest BCUT2D eigenvalue weighted by Gasteiger charge is -2.26. The van der Waals surface area contributed by atoms with Crippen LogP contribution in [-0.4, -0.2) is 83.5 Å². The summed E-state index contributed by atoms with van der Waals surface area (Å²) in [6.07, 6.45) is 29.0. The van der Waals surface area contributed by atoms with E-state index in [2.05, 4.69) is 65.1 Å². The van der Waals surface area contributed by atoms with Gasteiger partial charge in [-0.3, -0.25) is 52.7 Å². The number of carbonyl (C=O) groups excluding carboxylic acids is 13. The number of Topliss-reactive ketones (excluding diaryl/α,β-unsaturated/α-hetero) is 4. The quantitative estimate of drug-likeness (QED) is 0.0134. The van der Waals surface area contributed by atoms with Gasteiger partial charge in [-0.25, -0.2) is 19.7 Å². The first-order valence-corrected chi connectivity index (χ1v) is 58.8. The van der Waals surface area contributed by atoms with Crippen molar-refractivity contribution in [2.24, 2.45) is 100 Å². The summed E-state index contributed by atoms with van der Waals surface area (Å²) in [6.45, 7) is 45.7. The van der Waals surface area contributed by atoms with Gasteiger partial charge in [-0.15, -0.1) is 0 Å². The van der Waals surface area contributed by atoms with Gasteiger partial charge in [0, 0.05) is 5.41 Å². The lowest BCUT2D eigenvalue weighted by molar-refractivity contribution is -0.141. The predicted molar refractivity (Wildman–Crippen MR) is 571 cm³/mol. The summed E-state index contributed by atoms with van der Waals surface area (Å²) in [6, 6.07) is 13.6. The summed E-state index contributed by atoms with van der Waals surface area (Å²) in [4.78, 5) is 178. The molecule has 0 atom stereocenters. The molecular formula is C114H137N3O22S8. The molecule has 12 aliphatic rings. The molecule has 0 unspecified atom stereocenters. The van der Waals surface area contributed by atoms with Crippen molar-refractivity contribution in [3.63, 3.8) is 0 Å². The molecule has 8 fully saturated rings. The van der Waals surface area contributed by atoms with Gasteiger partial charge in [0.1, 0.15) is 51.6 Å². The van der Waals surface area contributed by atoms with Crippen LogP contribution in [0.2, 0.25) is 0 Å². The van der Waals surface area contributed by atoms with Gasteiger partial charge >= 0.3 is 53.7 Å². The number of allylic oxidation sites excluding steroid dienone is 3. The monoisotopic (exact) mass is 2160 g/mol. The first kappa shape index (κ1) is 115. The second kappa shape index (κ2) is 52.8. The first-order valence-electron chi connectivity index (χ1n) is 52.3. The van der Waals surface area contributed by atoms with Crippen LogP contribution >= 0.6 is 94.1 Å². The molecule has 4 heterocycles. The molecule has 25 nitrogen and oxygen atoms in total. The van der Waals surface area contributed by atoms with Gasteiger partial charge in [0.15, 0.2) is 23.1 Å². The van der Waals surface area contributed by atoms with Crippen LogP contribution in [0.3, 0.4) is 0 Å². The van der Waals surface area contributed by atoms with Crippen molar-refractivity contribution >= 4 is 171 Å². The van der Waals surface area contributed by atoms with Crippen LogP contribution in [0, 0.1) is 132 Å². The Morgan fingerprint density at radius 2 is 0.537 bits per heavy atom. The van der Waals surface area contributed by atoms with E-state index in [-0.39, 0.29) is 142 Å². The number of nitrogens with zero attached hydrogens (tertiary/aromatic N) is 3.